The van der Waals surface area contributed by atoms with Crippen molar-refractivity contribution in [3.8, 4) is 5.75 Å². The summed E-state index contributed by atoms with van der Waals surface area (Å²) >= 11 is 0. The van der Waals surface area contributed by atoms with Gasteiger partial charge in [0.15, 0.2) is 0 Å². The fraction of sp³-hybridized carbons (Fsp3) is 0.188. The molecule has 0 saturated heterocycles. The minimum Gasteiger partial charge on any atom is -0.508 e. The van der Waals surface area contributed by atoms with Gasteiger partial charge in [0, 0.05) is 24.3 Å². The van der Waals surface area contributed by atoms with Gasteiger partial charge in [-0.25, -0.2) is 0 Å². The molecule has 0 fully saturated rings. The van der Waals surface area contributed by atoms with Gasteiger partial charge in [0.1, 0.15) is 5.75 Å². The Morgan fingerprint density at radius 1 is 1.10 bits per heavy atom. The number of carbonyl (C=O) groups excluding carboxylic acids is 1. The van der Waals surface area contributed by atoms with Crippen LogP contribution in [0.25, 0.3) is 0 Å². The third-order valence-corrected chi connectivity index (χ3v) is 3.07. The number of phenolic OH excluding ortho intramolecular Hbond substituents is 1. The molecular formula is C16H19N3O2. The number of amides is 1. The van der Waals surface area contributed by atoms with Crippen LogP contribution in [-0.4, -0.2) is 17.6 Å². The summed E-state index contributed by atoms with van der Waals surface area (Å²) < 4.78 is 0. The summed E-state index contributed by atoms with van der Waals surface area (Å²) in [6.45, 7) is 1.09. The summed E-state index contributed by atoms with van der Waals surface area (Å²) in [5.74, 6) is 0.0914. The van der Waals surface area contributed by atoms with Gasteiger partial charge in [0.2, 0.25) is 5.91 Å². The van der Waals surface area contributed by atoms with E-state index in [1.165, 1.54) is 0 Å². The van der Waals surface area contributed by atoms with E-state index in [-0.39, 0.29) is 18.2 Å². The fourth-order valence-corrected chi connectivity index (χ4v) is 1.90. The van der Waals surface area contributed by atoms with Crippen molar-refractivity contribution in [3.63, 3.8) is 0 Å². The Kier molecular flexibility index (Phi) is 5.31. The molecule has 0 aliphatic carbocycles. The highest BCUT2D eigenvalue weighted by Crippen LogP contribution is 2.14. The number of phenols is 1. The second-order valence-electron chi connectivity index (χ2n) is 4.68. The zero-order valence-electron chi connectivity index (χ0n) is 11.7. The Morgan fingerprint density at radius 2 is 1.81 bits per heavy atom. The average Bonchev–Trinajstić information content (AvgIpc) is 2.50. The Labute approximate surface area is 123 Å². The molecule has 0 bridgehead atoms. The van der Waals surface area contributed by atoms with Gasteiger partial charge in [-0.3, -0.25) is 4.79 Å². The van der Waals surface area contributed by atoms with E-state index in [4.69, 9.17) is 5.73 Å². The number of aromatic hydroxyl groups is 1. The van der Waals surface area contributed by atoms with Crippen LogP contribution in [-0.2, 0) is 17.9 Å². The van der Waals surface area contributed by atoms with Crippen molar-refractivity contribution >= 4 is 11.6 Å². The number of nitrogens with two attached hydrogens (primary N) is 1. The number of anilines is 1. The molecule has 2 aromatic carbocycles. The minimum absolute atomic E-state index is 0.133. The van der Waals surface area contributed by atoms with Crippen LogP contribution in [0.3, 0.4) is 0 Å². The van der Waals surface area contributed by atoms with Crippen molar-refractivity contribution in [2.24, 2.45) is 5.73 Å². The number of hydrogen-bond acceptors (Lipinski definition) is 4. The van der Waals surface area contributed by atoms with Gasteiger partial charge in [0.25, 0.3) is 0 Å². The molecule has 0 atom stereocenters. The lowest BCUT2D eigenvalue weighted by Crippen LogP contribution is -2.27. The molecule has 110 valence electrons. The zero-order chi connectivity index (χ0) is 15.1. The van der Waals surface area contributed by atoms with Crippen molar-refractivity contribution in [2.75, 3.05) is 11.9 Å². The normalized spacial score (nSPS) is 10.3. The van der Waals surface area contributed by atoms with E-state index in [9.17, 15) is 9.90 Å². The lowest BCUT2D eigenvalue weighted by Gasteiger charge is -2.08. The minimum atomic E-state index is -0.133. The van der Waals surface area contributed by atoms with Crippen molar-refractivity contribution in [1.82, 2.24) is 5.32 Å². The van der Waals surface area contributed by atoms with Crippen molar-refractivity contribution in [2.45, 2.75) is 13.1 Å². The van der Waals surface area contributed by atoms with Gasteiger partial charge in [0.05, 0.1) is 6.54 Å². The maximum Gasteiger partial charge on any atom is 0.238 e. The SMILES string of the molecule is NCc1ccc(NC(=O)CNCc2ccccc2O)cc1. The Balaban J connectivity index is 1.78. The summed E-state index contributed by atoms with van der Waals surface area (Å²) in [6.07, 6.45) is 0. The number of benzene rings is 2. The number of nitrogens with one attached hydrogen (secondary N) is 2. The molecule has 0 aliphatic heterocycles. The number of carbonyl (C=O) groups is 1. The van der Waals surface area contributed by atoms with Crippen molar-refractivity contribution in [1.29, 1.82) is 0 Å². The summed E-state index contributed by atoms with van der Waals surface area (Å²) in [7, 11) is 0. The molecule has 0 unspecified atom stereocenters. The Hall–Kier alpha value is -2.37. The van der Waals surface area contributed by atoms with E-state index in [1.807, 2.05) is 36.4 Å². The van der Waals surface area contributed by atoms with Crippen LogP contribution in [0.2, 0.25) is 0 Å². The molecule has 5 heteroatoms. The third-order valence-electron chi connectivity index (χ3n) is 3.07. The second-order valence-corrected chi connectivity index (χ2v) is 4.68. The molecule has 0 spiro atoms. The lowest BCUT2D eigenvalue weighted by molar-refractivity contribution is -0.115. The molecule has 0 aromatic heterocycles. The van der Waals surface area contributed by atoms with E-state index in [0.717, 1.165) is 16.8 Å². The molecule has 5 nitrogen and oxygen atoms in total. The molecule has 0 radical (unpaired) electrons. The molecular weight excluding hydrogens is 266 g/mol. The summed E-state index contributed by atoms with van der Waals surface area (Å²) in [6, 6.07) is 14.4. The van der Waals surface area contributed by atoms with Gasteiger partial charge >= 0.3 is 0 Å². The van der Waals surface area contributed by atoms with Crippen LogP contribution < -0.4 is 16.4 Å². The zero-order valence-corrected chi connectivity index (χ0v) is 11.7. The molecule has 5 N–H and O–H groups in total. The molecule has 2 rings (SSSR count). The molecule has 2 aromatic rings. The summed E-state index contributed by atoms with van der Waals surface area (Å²) in [4.78, 5) is 11.8. The predicted molar refractivity (Wildman–Crippen MR) is 82.8 cm³/mol. The van der Waals surface area contributed by atoms with E-state index < -0.39 is 0 Å². The first-order chi connectivity index (χ1) is 10.2. The topological polar surface area (TPSA) is 87.4 Å². The fourth-order valence-electron chi connectivity index (χ4n) is 1.90. The van der Waals surface area contributed by atoms with E-state index >= 15 is 0 Å². The van der Waals surface area contributed by atoms with Gasteiger partial charge in [-0.05, 0) is 23.8 Å². The Morgan fingerprint density at radius 3 is 2.48 bits per heavy atom. The third kappa shape index (κ3) is 4.59. The van der Waals surface area contributed by atoms with Crippen LogP contribution in [0, 0.1) is 0 Å². The van der Waals surface area contributed by atoms with Crippen LogP contribution in [0.15, 0.2) is 48.5 Å². The first kappa shape index (κ1) is 15.0. The van der Waals surface area contributed by atoms with E-state index in [0.29, 0.717) is 13.1 Å². The highest BCUT2D eigenvalue weighted by molar-refractivity contribution is 5.92. The first-order valence-corrected chi connectivity index (χ1v) is 6.75. The first-order valence-electron chi connectivity index (χ1n) is 6.75. The van der Waals surface area contributed by atoms with Crippen molar-refractivity contribution < 1.29 is 9.90 Å². The van der Waals surface area contributed by atoms with Crippen LogP contribution in [0.4, 0.5) is 5.69 Å². The van der Waals surface area contributed by atoms with Crippen molar-refractivity contribution in [3.05, 3.63) is 59.7 Å². The molecule has 1 amide bonds. The smallest absolute Gasteiger partial charge is 0.238 e. The average molecular weight is 285 g/mol. The number of hydrogen-bond donors (Lipinski definition) is 4. The summed E-state index contributed by atoms with van der Waals surface area (Å²) in [5, 5.41) is 15.4. The highest BCUT2D eigenvalue weighted by atomic mass is 16.3. The molecule has 0 heterocycles. The predicted octanol–water partition coefficient (Wildman–Crippen LogP) is 1.58. The van der Waals surface area contributed by atoms with Gasteiger partial charge < -0.3 is 21.5 Å². The van der Waals surface area contributed by atoms with E-state index in [2.05, 4.69) is 10.6 Å². The highest BCUT2D eigenvalue weighted by Gasteiger charge is 2.03. The maximum atomic E-state index is 11.8. The van der Waals surface area contributed by atoms with Crippen LogP contribution >= 0.6 is 0 Å². The van der Waals surface area contributed by atoms with Gasteiger partial charge in [-0.1, -0.05) is 30.3 Å². The number of rotatable bonds is 6. The van der Waals surface area contributed by atoms with Crippen LogP contribution in [0.5, 0.6) is 5.75 Å². The molecule has 21 heavy (non-hydrogen) atoms. The number of para-hydroxylation sites is 1. The monoisotopic (exact) mass is 285 g/mol. The summed E-state index contributed by atoms with van der Waals surface area (Å²) in [5.41, 5.74) is 8.03. The largest absolute Gasteiger partial charge is 0.508 e. The Bertz CT molecular complexity index is 597. The maximum absolute atomic E-state index is 11.8. The van der Waals surface area contributed by atoms with Crippen LogP contribution in [0.1, 0.15) is 11.1 Å². The standard InChI is InChI=1S/C16H19N3O2/c17-9-12-5-7-14(8-6-12)19-16(21)11-18-10-13-3-1-2-4-15(13)20/h1-8,18,20H,9-11,17H2,(H,19,21). The van der Waals surface area contributed by atoms with Gasteiger partial charge in [-0.15, -0.1) is 0 Å². The lowest BCUT2D eigenvalue weighted by atomic mass is 10.2. The second kappa shape index (κ2) is 7.42. The quantitative estimate of drug-likeness (QED) is 0.649. The molecule has 0 saturated carbocycles. The van der Waals surface area contributed by atoms with E-state index in [1.54, 1.807) is 12.1 Å². The molecule has 0 aliphatic rings. The van der Waals surface area contributed by atoms with Gasteiger partial charge in [-0.2, -0.15) is 0 Å².